The van der Waals surface area contributed by atoms with E-state index in [1.165, 1.54) is 10.9 Å². The number of halogens is 3. The Kier molecular flexibility index (Phi) is 6.54. The van der Waals surface area contributed by atoms with Gasteiger partial charge in [0.1, 0.15) is 23.1 Å². The number of alkyl halides is 3. The van der Waals surface area contributed by atoms with Gasteiger partial charge in [-0.3, -0.25) is 4.98 Å². The standard InChI is InChI=1S/C27H27F3N10O/c1-14(2)40-11-18(27(28,29)30)36-24(40)17-8-5-15(9-31-17)10-39(3)25-21-23(34-12-33-21)37-22(38-25)19-20(16-6-7-16)32-13-35-26(19)41-4/h5,8-9,11-14,16H,6-7,10H2,1-4H3,(H,33,34,37,38). The fourth-order valence-electron chi connectivity index (χ4n) is 4.73. The summed E-state index contributed by atoms with van der Waals surface area (Å²) in [5.41, 5.74) is 2.88. The van der Waals surface area contributed by atoms with E-state index in [1.54, 1.807) is 39.5 Å². The van der Waals surface area contributed by atoms with E-state index >= 15 is 0 Å². The molecule has 1 aliphatic carbocycles. The van der Waals surface area contributed by atoms with Crippen LogP contribution in [0.5, 0.6) is 5.88 Å². The third kappa shape index (κ3) is 5.05. The van der Waals surface area contributed by atoms with E-state index < -0.39 is 11.9 Å². The number of hydrogen-bond donors (Lipinski definition) is 1. The van der Waals surface area contributed by atoms with Crippen LogP contribution in [-0.2, 0) is 12.7 Å². The second kappa shape index (κ2) is 10.1. The molecule has 0 amide bonds. The van der Waals surface area contributed by atoms with Gasteiger partial charge in [0.15, 0.2) is 28.8 Å². The normalized spacial score (nSPS) is 13.8. The Bertz CT molecular complexity index is 1710. The maximum Gasteiger partial charge on any atom is 0.434 e. The van der Waals surface area contributed by atoms with Crippen LogP contribution in [0.1, 0.15) is 55.6 Å². The molecule has 0 spiro atoms. The SMILES string of the molecule is COc1ncnc(C2CC2)c1-c1nc(N(C)Cc2ccc(-c3nc(C(F)(F)F)cn3C(C)C)nc2)c2[nH]cnc2n1. The molecule has 0 radical (unpaired) electrons. The average Bonchev–Trinajstić information content (AvgIpc) is 3.49. The number of hydrogen-bond acceptors (Lipinski definition) is 9. The molecule has 1 aliphatic rings. The van der Waals surface area contributed by atoms with E-state index in [-0.39, 0.29) is 11.9 Å². The molecule has 0 atom stereocenters. The van der Waals surface area contributed by atoms with Gasteiger partial charge in [0, 0.05) is 37.9 Å². The molecule has 0 saturated heterocycles. The molecule has 0 bridgehead atoms. The number of nitrogens with zero attached hydrogens (tertiary/aromatic N) is 9. The molecule has 1 N–H and O–H groups in total. The second-order valence-corrected chi connectivity index (χ2v) is 10.2. The van der Waals surface area contributed by atoms with Crippen molar-refractivity contribution in [3.05, 3.63) is 54.1 Å². The number of aromatic nitrogens is 9. The summed E-state index contributed by atoms with van der Waals surface area (Å²) in [6, 6.07) is 3.27. The van der Waals surface area contributed by atoms with Crippen molar-refractivity contribution in [1.29, 1.82) is 0 Å². The lowest BCUT2D eigenvalue weighted by Gasteiger charge is -2.20. The molecule has 0 aromatic carbocycles. The van der Waals surface area contributed by atoms with Gasteiger partial charge in [0.05, 0.1) is 19.1 Å². The quantitative estimate of drug-likeness (QED) is 0.271. The van der Waals surface area contributed by atoms with Crippen LogP contribution in [0.2, 0.25) is 0 Å². The van der Waals surface area contributed by atoms with Crippen LogP contribution in [0, 0.1) is 0 Å². The molecule has 5 heterocycles. The van der Waals surface area contributed by atoms with Crippen LogP contribution < -0.4 is 9.64 Å². The van der Waals surface area contributed by atoms with Gasteiger partial charge in [-0.25, -0.2) is 29.9 Å². The molecule has 1 fully saturated rings. The first kappa shape index (κ1) is 26.6. The van der Waals surface area contributed by atoms with Crippen LogP contribution in [-0.4, -0.2) is 58.6 Å². The summed E-state index contributed by atoms with van der Waals surface area (Å²) in [6.45, 7) is 4.00. The van der Waals surface area contributed by atoms with Crippen molar-refractivity contribution in [3.8, 4) is 28.8 Å². The van der Waals surface area contributed by atoms with Gasteiger partial charge in [0.25, 0.3) is 0 Å². The van der Waals surface area contributed by atoms with Crippen LogP contribution in [0.25, 0.3) is 34.1 Å². The second-order valence-electron chi connectivity index (χ2n) is 10.2. The third-order valence-electron chi connectivity index (χ3n) is 6.90. The van der Waals surface area contributed by atoms with Crippen molar-refractivity contribution in [2.75, 3.05) is 19.1 Å². The molecular formula is C27H27F3N10O. The van der Waals surface area contributed by atoms with Crippen molar-refractivity contribution in [2.45, 2.75) is 51.4 Å². The lowest BCUT2D eigenvalue weighted by molar-refractivity contribution is -0.140. The number of H-pyrrole nitrogens is 1. The van der Waals surface area contributed by atoms with Gasteiger partial charge in [-0.1, -0.05) is 6.07 Å². The predicted octanol–water partition coefficient (Wildman–Crippen LogP) is 5.19. The maximum absolute atomic E-state index is 13.3. The minimum Gasteiger partial charge on any atom is -0.480 e. The monoisotopic (exact) mass is 564 g/mol. The van der Waals surface area contributed by atoms with E-state index in [2.05, 4.69) is 34.9 Å². The minimum absolute atomic E-state index is 0.164. The summed E-state index contributed by atoms with van der Waals surface area (Å²) < 4.78 is 47.0. The van der Waals surface area contributed by atoms with Crippen molar-refractivity contribution in [2.24, 2.45) is 0 Å². The number of imidazole rings is 2. The summed E-state index contributed by atoms with van der Waals surface area (Å²) in [7, 11) is 3.43. The zero-order chi connectivity index (χ0) is 28.9. The van der Waals surface area contributed by atoms with E-state index in [9.17, 15) is 13.2 Å². The molecule has 1 saturated carbocycles. The van der Waals surface area contributed by atoms with E-state index in [0.717, 1.165) is 30.3 Å². The van der Waals surface area contributed by atoms with Crippen LogP contribution in [0.4, 0.5) is 19.0 Å². The molecule has 5 aromatic rings. The highest BCUT2D eigenvalue weighted by Gasteiger charge is 2.35. The first-order chi connectivity index (χ1) is 19.6. The first-order valence-corrected chi connectivity index (χ1v) is 13.1. The average molecular weight is 565 g/mol. The number of methoxy groups -OCH3 is 1. The number of nitrogens with one attached hydrogen (secondary N) is 1. The Morgan fingerprint density at radius 2 is 1.90 bits per heavy atom. The summed E-state index contributed by atoms with van der Waals surface area (Å²) in [5.74, 6) is 1.89. The lowest BCUT2D eigenvalue weighted by Crippen LogP contribution is -2.19. The summed E-state index contributed by atoms with van der Waals surface area (Å²) >= 11 is 0. The minimum atomic E-state index is -4.54. The van der Waals surface area contributed by atoms with Gasteiger partial charge in [0.2, 0.25) is 5.88 Å². The fraction of sp³-hybridized carbons (Fsp3) is 0.370. The molecule has 11 nitrogen and oxygen atoms in total. The molecule has 41 heavy (non-hydrogen) atoms. The number of pyridine rings is 1. The van der Waals surface area contributed by atoms with Crippen molar-refractivity contribution in [3.63, 3.8) is 0 Å². The largest absolute Gasteiger partial charge is 0.480 e. The van der Waals surface area contributed by atoms with Crippen LogP contribution >= 0.6 is 0 Å². The molecule has 6 rings (SSSR count). The van der Waals surface area contributed by atoms with Crippen molar-refractivity contribution >= 4 is 17.0 Å². The van der Waals surface area contributed by atoms with Gasteiger partial charge in [-0.15, -0.1) is 0 Å². The Morgan fingerprint density at radius 1 is 1.10 bits per heavy atom. The van der Waals surface area contributed by atoms with Gasteiger partial charge < -0.3 is 19.2 Å². The summed E-state index contributed by atoms with van der Waals surface area (Å²) in [5, 5.41) is 0. The van der Waals surface area contributed by atoms with Crippen molar-refractivity contribution in [1.82, 2.24) is 44.4 Å². The Morgan fingerprint density at radius 3 is 2.56 bits per heavy atom. The molecule has 14 heteroatoms. The zero-order valence-corrected chi connectivity index (χ0v) is 22.8. The summed E-state index contributed by atoms with van der Waals surface area (Å²) in [4.78, 5) is 36.1. The first-order valence-electron chi connectivity index (χ1n) is 13.1. The maximum atomic E-state index is 13.3. The highest BCUT2D eigenvalue weighted by Crippen LogP contribution is 2.45. The predicted molar refractivity (Wildman–Crippen MR) is 144 cm³/mol. The number of aromatic amines is 1. The molecule has 5 aromatic heterocycles. The van der Waals surface area contributed by atoms with Crippen molar-refractivity contribution < 1.29 is 17.9 Å². The number of rotatable bonds is 8. The third-order valence-corrected chi connectivity index (χ3v) is 6.90. The van der Waals surface area contributed by atoms with Crippen LogP contribution in [0.3, 0.4) is 0 Å². The highest BCUT2D eigenvalue weighted by molar-refractivity contribution is 5.85. The fourth-order valence-corrected chi connectivity index (χ4v) is 4.73. The smallest absolute Gasteiger partial charge is 0.434 e. The number of ether oxygens (including phenoxy) is 1. The number of fused-ring (bicyclic) bond motifs is 1. The molecule has 0 unspecified atom stereocenters. The molecular weight excluding hydrogens is 537 g/mol. The van der Waals surface area contributed by atoms with E-state index in [0.29, 0.717) is 52.4 Å². The van der Waals surface area contributed by atoms with Gasteiger partial charge >= 0.3 is 6.18 Å². The van der Waals surface area contributed by atoms with Gasteiger partial charge in [-0.05, 0) is 38.3 Å². The highest BCUT2D eigenvalue weighted by atomic mass is 19.4. The van der Waals surface area contributed by atoms with Crippen LogP contribution in [0.15, 0.2) is 37.2 Å². The topological polar surface area (TPSA) is 123 Å². The Hall–Kier alpha value is -4.62. The van der Waals surface area contributed by atoms with Gasteiger partial charge in [-0.2, -0.15) is 13.2 Å². The lowest BCUT2D eigenvalue weighted by atomic mass is 10.1. The summed E-state index contributed by atoms with van der Waals surface area (Å²) in [6.07, 6.45) is 3.22. The Balaban J connectivity index is 1.32. The zero-order valence-electron chi connectivity index (χ0n) is 22.8. The van der Waals surface area contributed by atoms with E-state index in [1.807, 2.05) is 18.0 Å². The number of anilines is 1. The van der Waals surface area contributed by atoms with E-state index in [4.69, 9.17) is 9.72 Å². The molecule has 0 aliphatic heterocycles. The Labute approximate surface area is 232 Å². The molecule has 212 valence electrons.